The van der Waals surface area contributed by atoms with Crippen LogP contribution < -0.4 is 5.73 Å². The van der Waals surface area contributed by atoms with Gasteiger partial charge in [-0.05, 0) is 38.5 Å². The summed E-state index contributed by atoms with van der Waals surface area (Å²) in [7, 11) is 0. The molecule has 1 aromatic carbocycles. The van der Waals surface area contributed by atoms with Crippen molar-refractivity contribution in [3.63, 3.8) is 0 Å². The van der Waals surface area contributed by atoms with Gasteiger partial charge in [0.2, 0.25) is 5.91 Å². The van der Waals surface area contributed by atoms with Crippen molar-refractivity contribution in [2.75, 3.05) is 0 Å². The lowest BCUT2D eigenvalue weighted by Crippen LogP contribution is -2.05. The summed E-state index contributed by atoms with van der Waals surface area (Å²) in [5.74, 6) is -0.456. The molecule has 0 spiro atoms. The minimum Gasteiger partial charge on any atom is -0.366 e. The van der Waals surface area contributed by atoms with Crippen molar-refractivity contribution in [2.24, 2.45) is 5.73 Å². The Morgan fingerprint density at radius 3 is 2.58 bits per heavy atom. The Bertz CT molecular complexity index is 653. The Morgan fingerprint density at radius 1 is 1.26 bits per heavy atom. The molecule has 19 heavy (non-hydrogen) atoms. The molecular weight excluding hydrogens is 238 g/mol. The maximum atomic E-state index is 10.8. The van der Waals surface area contributed by atoms with Crippen molar-refractivity contribution in [1.82, 2.24) is 9.78 Å². The van der Waals surface area contributed by atoms with Gasteiger partial charge >= 0.3 is 0 Å². The molecule has 2 rings (SSSR count). The molecule has 2 aromatic rings. The quantitative estimate of drug-likeness (QED) is 0.855. The average Bonchev–Trinajstić information content (AvgIpc) is 2.63. The first-order valence-corrected chi connectivity index (χ1v) is 6.10. The Morgan fingerprint density at radius 2 is 1.95 bits per heavy atom. The summed E-state index contributed by atoms with van der Waals surface area (Å²) in [6.45, 7) is 5.94. The molecule has 1 heterocycles. The van der Waals surface area contributed by atoms with Gasteiger partial charge < -0.3 is 5.73 Å². The second kappa shape index (κ2) is 5.10. The monoisotopic (exact) mass is 255 g/mol. The normalized spacial score (nSPS) is 11.1. The fraction of sp³-hybridized carbons (Fsp3) is 0.200. The average molecular weight is 255 g/mol. The molecular formula is C15H17N3O. The maximum absolute atomic E-state index is 10.8. The van der Waals surface area contributed by atoms with E-state index in [0.717, 1.165) is 28.2 Å². The number of aromatic nitrogens is 2. The number of hydrogen-bond donors (Lipinski definition) is 1. The number of primary amides is 1. The van der Waals surface area contributed by atoms with E-state index in [-0.39, 0.29) is 0 Å². The van der Waals surface area contributed by atoms with Gasteiger partial charge in [0.25, 0.3) is 0 Å². The summed E-state index contributed by atoms with van der Waals surface area (Å²) < 4.78 is 1.89. The predicted molar refractivity (Wildman–Crippen MR) is 76.0 cm³/mol. The fourth-order valence-corrected chi connectivity index (χ4v) is 2.10. The van der Waals surface area contributed by atoms with Crippen LogP contribution in [0, 0.1) is 20.8 Å². The van der Waals surface area contributed by atoms with Crippen molar-refractivity contribution in [1.29, 1.82) is 0 Å². The third-order valence-electron chi connectivity index (χ3n) is 3.11. The van der Waals surface area contributed by atoms with E-state index in [9.17, 15) is 4.79 Å². The number of benzene rings is 1. The maximum Gasteiger partial charge on any atom is 0.241 e. The Kier molecular flexibility index (Phi) is 3.51. The lowest BCUT2D eigenvalue weighted by molar-refractivity contribution is -0.113. The van der Waals surface area contributed by atoms with Gasteiger partial charge in [-0.15, -0.1) is 0 Å². The van der Waals surface area contributed by atoms with Crippen LogP contribution in [0.1, 0.15) is 22.5 Å². The van der Waals surface area contributed by atoms with Gasteiger partial charge in [0, 0.05) is 17.3 Å². The summed E-state index contributed by atoms with van der Waals surface area (Å²) in [5, 5.41) is 4.53. The number of carbonyl (C=O) groups is 1. The van der Waals surface area contributed by atoms with Crippen molar-refractivity contribution in [3.8, 4) is 5.69 Å². The SMILES string of the molecule is Cc1ccccc1-n1nc(C)c(/C=C/C(N)=O)c1C. The molecule has 0 aliphatic heterocycles. The van der Waals surface area contributed by atoms with Gasteiger partial charge in [-0.25, -0.2) is 4.68 Å². The van der Waals surface area contributed by atoms with Crippen LogP contribution in [-0.4, -0.2) is 15.7 Å². The summed E-state index contributed by atoms with van der Waals surface area (Å²) >= 11 is 0. The number of hydrogen-bond acceptors (Lipinski definition) is 2. The molecule has 4 heteroatoms. The first-order chi connectivity index (χ1) is 9.00. The van der Waals surface area contributed by atoms with E-state index in [1.54, 1.807) is 6.08 Å². The molecule has 0 fully saturated rings. The highest BCUT2D eigenvalue weighted by Gasteiger charge is 2.11. The van der Waals surface area contributed by atoms with Crippen LogP contribution in [0.25, 0.3) is 11.8 Å². The molecule has 98 valence electrons. The number of rotatable bonds is 3. The van der Waals surface area contributed by atoms with Gasteiger partial charge in [0.15, 0.2) is 0 Å². The van der Waals surface area contributed by atoms with Crippen LogP contribution in [0.15, 0.2) is 30.3 Å². The third kappa shape index (κ3) is 2.57. The molecule has 0 saturated carbocycles. The van der Waals surface area contributed by atoms with E-state index in [4.69, 9.17) is 5.73 Å². The van der Waals surface area contributed by atoms with E-state index >= 15 is 0 Å². The summed E-state index contributed by atoms with van der Waals surface area (Å²) in [6, 6.07) is 8.05. The molecule has 0 unspecified atom stereocenters. The van der Waals surface area contributed by atoms with E-state index in [1.165, 1.54) is 6.08 Å². The van der Waals surface area contributed by atoms with Crippen LogP contribution in [0.5, 0.6) is 0 Å². The summed E-state index contributed by atoms with van der Waals surface area (Å²) in [6.07, 6.45) is 3.08. The van der Waals surface area contributed by atoms with Crippen LogP contribution >= 0.6 is 0 Å². The highest BCUT2D eigenvalue weighted by Crippen LogP contribution is 2.21. The highest BCUT2D eigenvalue weighted by atomic mass is 16.1. The van der Waals surface area contributed by atoms with E-state index < -0.39 is 5.91 Å². The van der Waals surface area contributed by atoms with E-state index in [2.05, 4.69) is 5.10 Å². The largest absolute Gasteiger partial charge is 0.366 e. The number of nitrogens with two attached hydrogens (primary N) is 1. The molecule has 2 N–H and O–H groups in total. The summed E-state index contributed by atoms with van der Waals surface area (Å²) in [5.41, 5.74) is 10.1. The zero-order valence-corrected chi connectivity index (χ0v) is 11.3. The Balaban J connectivity index is 2.53. The zero-order chi connectivity index (χ0) is 14.0. The van der Waals surface area contributed by atoms with Crippen molar-refractivity contribution < 1.29 is 4.79 Å². The molecule has 4 nitrogen and oxygen atoms in total. The number of nitrogens with zero attached hydrogens (tertiary/aromatic N) is 2. The molecule has 0 aliphatic carbocycles. The number of para-hydroxylation sites is 1. The predicted octanol–water partition coefficient (Wildman–Crippen LogP) is 2.30. The highest BCUT2D eigenvalue weighted by molar-refractivity contribution is 5.90. The van der Waals surface area contributed by atoms with Gasteiger partial charge in [-0.3, -0.25) is 4.79 Å². The molecule has 1 aromatic heterocycles. The molecule has 0 atom stereocenters. The minimum atomic E-state index is -0.456. The first-order valence-electron chi connectivity index (χ1n) is 6.10. The molecule has 0 radical (unpaired) electrons. The van der Waals surface area contributed by atoms with Crippen LogP contribution in [-0.2, 0) is 4.79 Å². The van der Waals surface area contributed by atoms with E-state index in [1.807, 2.05) is 49.7 Å². The van der Waals surface area contributed by atoms with Crippen molar-refractivity contribution >= 4 is 12.0 Å². The molecule has 1 amide bonds. The Hall–Kier alpha value is -2.36. The van der Waals surface area contributed by atoms with Crippen LogP contribution in [0.3, 0.4) is 0 Å². The number of amides is 1. The van der Waals surface area contributed by atoms with Crippen molar-refractivity contribution in [2.45, 2.75) is 20.8 Å². The smallest absolute Gasteiger partial charge is 0.241 e. The molecule has 0 bridgehead atoms. The Labute approximate surface area is 112 Å². The number of aryl methyl sites for hydroxylation is 2. The topological polar surface area (TPSA) is 60.9 Å². The van der Waals surface area contributed by atoms with Gasteiger partial charge in [0.05, 0.1) is 11.4 Å². The van der Waals surface area contributed by atoms with E-state index in [0.29, 0.717) is 0 Å². The lowest BCUT2D eigenvalue weighted by atomic mass is 10.1. The van der Waals surface area contributed by atoms with Gasteiger partial charge in [-0.2, -0.15) is 5.10 Å². The van der Waals surface area contributed by atoms with Gasteiger partial charge in [-0.1, -0.05) is 18.2 Å². The fourth-order valence-electron chi connectivity index (χ4n) is 2.10. The molecule has 0 saturated heterocycles. The van der Waals surface area contributed by atoms with Gasteiger partial charge in [0.1, 0.15) is 0 Å². The molecule has 0 aliphatic rings. The number of carbonyl (C=O) groups excluding carboxylic acids is 1. The summed E-state index contributed by atoms with van der Waals surface area (Å²) in [4.78, 5) is 10.8. The lowest BCUT2D eigenvalue weighted by Gasteiger charge is -2.07. The second-order valence-electron chi connectivity index (χ2n) is 4.52. The second-order valence-corrected chi connectivity index (χ2v) is 4.52. The standard InChI is InChI=1S/C15H17N3O/c1-10-6-4-5-7-14(10)18-12(3)13(11(2)17-18)8-9-15(16)19/h4-9H,1-3H3,(H2,16,19)/b9-8+. The van der Waals surface area contributed by atoms with Crippen LogP contribution in [0.2, 0.25) is 0 Å². The zero-order valence-electron chi connectivity index (χ0n) is 11.3. The minimum absolute atomic E-state index is 0.456. The third-order valence-corrected chi connectivity index (χ3v) is 3.11. The van der Waals surface area contributed by atoms with Crippen molar-refractivity contribution in [3.05, 3.63) is 52.9 Å². The van der Waals surface area contributed by atoms with Crippen LogP contribution in [0.4, 0.5) is 0 Å². The first kappa shape index (κ1) is 13.1.